The molecular weight excluding hydrogens is 222 g/mol. The van der Waals surface area contributed by atoms with E-state index in [1.54, 1.807) is 0 Å². The third kappa shape index (κ3) is 2.39. The molecule has 0 saturated carbocycles. The second-order valence-electron chi connectivity index (χ2n) is 2.72. The van der Waals surface area contributed by atoms with E-state index in [0.29, 0.717) is 0 Å². The van der Waals surface area contributed by atoms with E-state index in [1.807, 2.05) is 0 Å². The molecule has 0 heterocycles. The average molecular weight is 229 g/mol. The third-order valence-corrected chi connectivity index (χ3v) is 2.68. The Morgan fingerprint density at radius 2 is 2.00 bits per heavy atom. The van der Waals surface area contributed by atoms with E-state index in [4.69, 9.17) is 10.2 Å². The molecule has 0 spiro atoms. The molecule has 0 bridgehead atoms. The number of hydrogen-bond acceptors (Lipinski definition) is 4. The first-order valence-corrected chi connectivity index (χ1v) is 5.26. The van der Waals surface area contributed by atoms with Crippen molar-refractivity contribution < 1.29 is 23.1 Å². The topological polar surface area (TPSA) is 115 Å². The smallest absolute Gasteiger partial charge is 0.335 e. The summed E-state index contributed by atoms with van der Waals surface area (Å²) in [5.41, 5.74) is -0.443. The van der Waals surface area contributed by atoms with Crippen molar-refractivity contribution in [1.29, 1.82) is 0 Å². The number of nitrogens with two attached hydrogens (primary N) is 1. The van der Waals surface area contributed by atoms with Crippen LogP contribution in [-0.4, -0.2) is 25.8 Å². The summed E-state index contributed by atoms with van der Waals surface area (Å²) in [4.78, 5) is 20.7. The third-order valence-electron chi connectivity index (χ3n) is 1.69. The number of hydrogen-bond donors (Lipinski definition) is 2. The molecule has 7 heteroatoms. The first-order chi connectivity index (χ1) is 6.86. The molecule has 0 fully saturated rings. The molecule has 15 heavy (non-hydrogen) atoms. The van der Waals surface area contributed by atoms with Crippen LogP contribution in [0.2, 0.25) is 0 Å². The molecule has 0 aromatic heterocycles. The van der Waals surface area contributed by atoms with Gasteiger partial charge in [-0.15, -0.1) is 0 Å². The van der Waals surface area contributed by atoms with Crippen molar-refractivity contribution in [3.8, 4) is 0 Å². The normalized spacial score (nSPS) is 11.0. The lowest BCUT2D eigenvalue weighted by Crippen LogP contribution is -2.15. The Morgan fingerprint density at radius 1 is 1.40 bits per heavy atom. The van der Waals surface area contributed by atoms with Gasteiger partial charge in [0, 0.05) is 5.56 Å². The van der Waals surface area contributed by atoms with Gasteiger partial charge in [0.15, 0.2) is 6.29 Å². The summed E-state index contributed by atoms with van der Waals surface area (Å²) in [5.74, 6) is -1.25. The van der Waals surface area contributed by atoms with Crippen LogP contribution >= 0.6 is 0 Å². The van der Waals surface area contributed by atoms with Gasteiger partial charge in [-0.2, -0.15) is 0 Å². The van der Waals surface area contributed by atoms with E-state index in [0.717, 1.165) is 18.2 Å². The van der Waals surface area contributed by atoms with Gasteiger partial charge in [0.25, 0.3) is 0 Å². The van der Waals surface area contributed by atoms with Gasteiger partial charge in [0.2, 0.25) is 10.0 Å². The molecule has 0 aliphatic heterocycles. The Hall–Kier alpha value is -1.73. The molecule has 0 saturated heterocycles. The lowest BCUT2D eigenvalue weighted by atomic mass is 10.1. The molecule has 0 radical (unpaired) electrons. The minimum absolute atomic E-state index is 0.176. The minimum Gasteiger partial charge on any atom is -0.478 e. The number of aromatic carboxylic acids is 1. The van der Waals surface area contributed by atoms with Crippen LogP contribution in [0.15, 0.2) is 23.1 Å². The number of carbonyl (C=O) groups is 2. The summed E-state index contributed by atoms with van der Waals surface area (Å²) < 4.78 is 21.9. The van der Waals surface area contributed by atoms with Gasteiger partial charge in [0.05, 0.1) is 10.5 Å². The van der Waals surface area contributed by atoms with E-state index >= 15 is 0 Å². The van der Waals surface area contributed by atoms with E-state index < -0.39 is 16.0 Å². The van der Waals surface area contributed by atoms with Gasteiger partial charge < -0.3 is 5.11 Å². The van der Waals surface area contributed by atoms with E-state index in [9.17, 15) is 18.0 Å². The van der Waals surface area contributed by atoms with Crippen LogP contribution in [0.1, 0.15) is 20.7 Å². The standard InChI is InChI=1S/C8H7NO5S/c9-15(13,14)7-2-1-5(8(11)12)3-6(7)4-10/h1-4H,(H,11,12)(H2,9,13,14). The molecule has 0 amide bonds. The lowest BCUT2D eigenvalue weighted by Gasteiger charge is -2.02. The van der Waals surface area contributed by atoms with E-state index in [-0.39, 0.29) is 22.3 Å². The number of carbonyl (C=O) groups excluding carboxylic acids is 1. The maximum absolute atomic E-state index is 11.0. The van der Waals surface area contributed by atoms with Crippen molar-refractivity contribution in [2.75, 3.05) is 0 Å². The Labute approximate surface area is 85.4 Å². The number of benzene rings is 1. The van der Waals surface area contributed by atoms with Gasteiger partial charge in [-0.25, -0.2) is 18.4 Å². The first kappa shape index (κ1) is 11.3. The predicted molar refractivity (Wildman–Crippen MR) is 50.2 cm³/mol. The molecule has 0 atom stereocenters. The summed E-state index contributed by atoms with van der Waals surface area (Å²) in [6.07, 6.45) is 0.242. The molecule has 1 aromatic rings. The molecule has 0 unspecified atom stereocenters. The Kier molecular flexibility index (Phi) is 2.87. The van der Waals surface area contributed by atoms with Crippen LogP contribution in [0.5, 0.6) is 0 Å². The Balaban J connectivity index is 3.47. The fraction of sp³-hybridized carbons (Fsp3) is 0. The number of carboxylic acid groups (broad SMARTS) is 1. The van der Waals surface area contributed by atoms with Crippen LogP contribution in [0.3, 0.4) is 0 Å². The van der Waals surface area contributed by atoms with Crippen molar-refractivity contribution in [3.05, 3.63) is 29.3 Å². The molecular formula is C8H7NO5S. The minimum atomic E-state index is -4.01. The maximum Gasteiger partial charge on any atom is 0.335 e. The van der Waals surface area contributed by atoms with Crippen molar-refractivity contribution in [2.45, 2.75) is 4.90 Å². The highest BCUT2D eigenvalue weighted by Crippen LogP contribution is 2.14. The van der Waals surface area contributed by atoms with Crippen LogP contribution in [0.4, 0.5) is 0 Å². The van der Waals surface area contributed by atoms with Crippen LogP contribution in [-0.2, 0) is 10.0 Å². The number of sulfonamides is 1. The highest BCUT2D eigenvalue weighted by atomic mass is 32.2. The highest BCUT2D eigenvalue weighted by Gasteiger charge is 2.15. The summed E-state index contributed by atoms with van der Waals surface area (Å²) in [7, 11) is -4.01. The number of rotatable bonds is 3. The first-order valence-electron chi connectivity index (χ1n) is 3.71. The molecule has 1 rings (SSSR count). The summed E-state index contributed by atoms with van der Waals surface area (Å²) >= 11 is 0. The number of aldehydes is 1. The summed E-state index contributed by atoms with van der Waals surface area (Å²) in [5, 5.41) is 13.4. The van der Waals surface area contributed by atoms with Crippen LogP contribution in [0, 0.1) is 0 Å². The van der Waals surface area contributed by atoms with E-state index in [2.05, 4.69) is 0 Å². The van der Waals surface area contributed by atoms with Gasteiger partial charge >= 0.3 is 5.97 Å². The predicted octanol–water partition coefficient (Wildman–Crippen LogP) is -0.155. The Bertz CT molecular complexity index is 520. The van der Waals surface area contributed by atoms with E-state index in [1.165, 1.54) is 0 Å². The van der Waals surface area contributed by atoms with Gasteiger partial charge in [0.1, 0.15) is 0 Å². The second-order valence-corrected chi connectivity index (χ2v) is 4.25. The molecule has 1 aromatic carbocycles. The zero-order chi connectivity index (χ0) is 11.6. The quantitative estimate of drug-likeness (QED) is 0.699. The SMILES string of the molecule is NS(=O)(=O)c1ccc(C(=O)O)cc1C=O. The van der Waals surface area contributed by atoms with Crippen molar-refractivity contribution >= 4 is 22.3 Å². The van der Waals surface area contributed by atoms with Gasteiger partial charge in [-0.1, -0.05) is 0 Å². The zero-order valence-corrected chi connectivity index (χ0v) is 8.19. The molecule has 6 nitrogen and oxygen atoms in total. The summed E-state index contributed by atoms with van der Waals surface area (Å²) in [6.45, 7) is 0. The monoisotopic (exact) mass is 229 g/mol. The fourth-order valence-electron chi connectivity index (χ4n) is 1.03. The Morgan fingerprint density at radius 3 is 2.40 bits per heavy atom. The van der Waals surface area contributed by atoms with Crippen molar-refractivity contribution in [1.82, 2.24) is 0 Å². The molecule has 80 valence electrons. The van der Waals surface area contributed by atoms with Crippen LogP contribution < -0.4 is 5.14 Å². The maximum atomic E-state index is 11.0. The highest BCUT2D eigenvalue weighted by molar-refractivity contribution is 7.89. The van der Waals surface area contributed by atoms with Gasteiger partial charge in [-0.3, -0.25) is 4.79 Å². The lowest BCUT2D eigenvalue weighted by molar-refractivity contribution is 0.0696. The van der Waals surface area contributed by atoms with Crippen molar-refractivity contribution in [3.63, 3.8) is 0 Å². The largest absolute Gasteiger partial charge is 0.478 e. The molecule has 0 aliphatic carbocycles. The number of carboxylic acids is 1. The fourth-order valence-corrected chi connectivity index (χ4v) is 1.73. The molecule has 3 N–H and O–H groups in total. The average Bonchev–Trinajstić information content (AvgIpc) is 2.15. The summed E-state index contributed by atoms with van der Waals surface area (Å²) in [6, 6.07) is 3.01. The number of primary sulfonamides is 1. The van der Waals surface area contributed by atoms with Crippen LogP contribution in [0.25, 0.3) is 0 Å². The van der Waals surface area contributed by atoms with Crippen molar-refractivity contribution in [2.24, 2.45) is 5.14 Å². The zero-order valence-electron chi connectivity index (χ0n) is 7.38. The molecule has 0 aliphatic rings. The van der Waals surface area contributed by atoms with Gasteiger partial charge in [-0.05, 0) is 18.2 Å². The second kappa shape index (κ2) is 3.79.